The minimum absolute atomic E-state index is 0.356. The second-order valence-corrected chi connectivity index (χ2v) is 6.64. The zero-order valence-corrected chi connectivity index (χ0v) is 15.8. The topological polar surface area (TPSA) is 118 Å². The average Bonchev–Trinajstić information content (AvgIpc) is 3.41. The van der Waals surface area contributed by atoms with Crippen molar-refractivity contribution in [2.24, 2.45) is 0 Å². The predicted molar refractivity (Wildman–Crippen MR) is 103 cm³/mol. The molecule has 0 bridgehead atoms. The molecule has 0 radical (unpaired) electrons. The van der Waals surface area contributed by atoms with Gasteiger partial charge in [-0.15, -0.1) is 5.10 Å². The summed E-state index contributed by atoms with van der Waals surface area (Å²) in [5, 5.41) is 16.0. The number of nitrogens with zero attached hydrogens (tertiary/aromatic N) is 8. The average molecular weight is 393 g/mol. The monoisotopic (exact) mass is 393 g/mol. The van der Waals surface area contributed by atoms with E-state index in [0.29, 0.717) is 29.0 Å². The quantitative estimate of drug-likeness (QED) is 0.542. The van der Waals surface area contributed by atoms with Gasteiger partial charge in [0.1, 0.15) is 0 Å². The fourth-order valence-corrected chi connectivity index (χ4v) is 3.29. The molecule has 11 heteroatoms. The molecule has 0 amide bonds. The van der Waals surface area contributed by atoms with Crippen molar-refractivity contribution in [1.82, 2.24) is 39.7 Å². The highest BCUT2D eigenvalue weighted by Gasteiger charge is 2.17. The third-order valence-electron chi connectivity index (χ3n) is 4.79. The molecule has 1 N–H and O–H groups in total. The molecule has 29 heavy (non-hydrogen) atoms. The lowest BCUT2D eigenvalue weighted by atomic mass is 10.1. The van der Waals surface area contributed by atoms with Crippen molar-refractivity contribution in [3.63, 3.8) is 0 Å². The van der Waals surface area contributed by atoms with Crippen LogP contribution in [0.25, 0.3) is 16.9 Å². The number of aromatic nitrogens is 8. The van der Waals surface area contributed by atoms with E-state index in [0.717, 1.165) is 37.4 Å². The predicted octanol–water partition coefficient (Wildman–Crippen LogP) is 1.91. The van der Waals surface area contributed by atoms with Crippen LogP contribution < -0.4 is 10.1 Å². The summed E-state index contributed by atoms with van der Waals surface area (Å²) >= 11 is 0. The molecule has 1 aliphatic heterocycles. The van der Waals surface area contributed by atoms with Gasteiger partial charge in [-0.25, -0.2) is 9.97 Å². The number of nitrogens with one attached hydrogen (secondary N) is 1. The molecule has 1 fully saturated rings. The van der Waals surface area contributed by atoms with Gasteiger partial charge in [-0.1, -0.05) is 5.21 Å². The van der Waals surface area contributed by atoms with Crippen molar-refractivity contribution in [2.45, 2.75) is 18.9 Å². The van der Waals surface area contributed by atoms with Crippen LogP contribution in [0.5, 0.6) is 5.88 Å². The van der Waals surface area contributed by atoms with Crippen molar-refractivity contribution < 1.29 is 9.47 Å². The minimum Gasteiger partial charge on any atom is -0.481 e. The lowest BCUT2D eigenvalue weighted by Gasteiger charge is -2.22. The second kappa shape index (κ2) is 7.43. The third-order valence-corrected chi connectivity index (χ3v) is 4.79. The van der Waals surface area contributed by atoms with Crippen LogP contribution in [-0.4, -0.2) is 60.0 Å². The van der Waals surface area contributed by atoms with Gasteiger partial charge >= 0.3 is 0 Å². The molecule has 1 aliphatic rings. The van der Waals surface area contributed by atoms with Crippen LogP contribution in [0.1, 0.15) is 18.9 Å². The smallest absolute Gasteiger partial charge is 0.229 e. The van der Waals surface area contributed by atoms with E-state index in [9.17, 15) is 0 Å². The maximum atomic E-state index is 5.42. The maximum Gasteiger partial charge on any atom is 0.229 e. The van der Waals surface area contributed by atoms with Crippen molar-refractivity contribution in [3.05, 3.63) is 36.9 Å². The molecule has 5 rings (SSSR count). The molecule has 0 aromatic carbocycles. The number of rotatable bonds is 5. The summed E-state index contributed by atoms with van der Waals surface area (Å²) in [6, 6.07) is 3.93. The largest absolute Gasteiger partial charge is 0.481 e. The Labute approximate surface area is 165 Å². The van der Waals surface area contributed by atoms with Crippen LogP contribution in [-0.2, 0) is 4.74 Å². The van der Waals surface area contributed by atoms with E-state index in [2.05, 4.69) is 35.7 Å². The van der Waals surface area contributed by atoms with Crippen molar-refractivity contribution >= 4 is 22.8 Å². The number of hydrogen-bond acceptors (Lipinski definition) is 9. The van der Waals surface area contributed by atoms with E-state index < -0.39 is 0 Å². The number of anilines is 2. The van der Waals surface area contributed by atoms with E-state index in [1.807, 2.05) is 16.9 Å². The Morgan fingerprint density at radius 2 is 2.10 bits per heavy atom. The minimum atomic E-state index is 0.356. The lowest BCUT2D eigenvalue weighted by Crippen LogP contribution is -2.19. The summed E-state index contributed by atoms with van der Waals surface area (Å²) < 4.78 is 14.2. The van der Waals surface area contributed by atoms with Gasteiger partial charge in [-0.05, 0) is 18.9 Å². The van der Waals surface area contributed by atoms with Gasteiger partial charge in [0.15, 0.2) is 11.2 Å². The van der Waals surface area contributed by atoms with Crippen LogP contribution >= 0.6 is 0 Å². The zero-order chi connectivity index (χ0) is 19.6. The van der Waals surface area contributed by atoms with Gasteiger partial charge in [0.2, 0.25) is 11.8 Å². The van der Waals surface area contributed by atoms with E-state index >= 15 is 0 Å². The molecule has 148 valence electrons. The first-order valence-electron chi connectivity index (χ1n) is 9.28. The van der Waals surface area contributed by atoms with E-state index in [-0.39, 0.29) is 0 Å². The molecule has 1 saturated heterocycles. The van der Waals surface area contributed by atoms with Gasteiger partial charge in [0.25, 0.3) is 0 Å². The highest BCUT2D eigenvalue weighted by atomic mass is 16.5. The Bertz CT molecular complexity index is 1130. The Balaban J connectivity index is 1.42. The van der Waals surface area contributed by atoms with Gasteiger partial charge in [-0.3, -0.25) is 4.68 Å². The van der Waals surface area contributed by atoms with Crippen LogP contribution in [0.2, 0.25) is 0 Å². The SMILES string of the molecule is COc1cc(-n2nnc3cnc(Nc4cnn(C5CCOCC5)c4)nc32)ccn1. The van der Waals surface area contributed by atoms with Crippen molar-refractivity contribution in [1.29, 1.82) is 0 Å². The van der Waals surface area contributed by atoms with Gasteiger partial charge < -0.3 is 14.8 Å². The summed E-state index contributed by atoms with van der Waals surface area (Å²) in [5.41, 5.74) is 2.73. The first-order valence-corrected chi connectivity index (χ1v) is 9.28. The number of ether oxygens (including phenoxy) is 2. The Kier molecular flexibility index (Phi) is 4.48. The molecule has 5 heterocycles. The van der Waals surface area contributed by atoms with Gasteiger partial charge in [-0.2, -0.15) is 14.8 Å². The van der Waals surface area contributed by atoms with E-state index in [4.69, 9.17) is 9.47 Å². The summed E-state index contributed by atoms with van der Waals surface area (Å²) in [7, 11) is 1.57. The number of fused-ring (bicyclic) bond motifs is 1. The molecule has 0 aliphatic carbocycles. The van der Waals surface area contributed by atoms with Gasteiger partial charge in [0, 0.05) is 31.7 Å². The molecular formula is C18H19N9O2. The number of hydrogen-bond donors (Lipinski definition) is 1. The van der Waals surface area contributed by atoms with E-state index in [1.165, 1.54) is 0 Å². The highest BCUT2D eigenvalue weighted by Crippen LogP contribution is 2.23. The standard InChI is InChI=1S/C18H19N9O2/c1-28-16-8-14(2-5-19-16)27-17-15(24-25-27)10-20-18(23-17)22-12-9-21-26(11-12)13-3-6-29-7-4-13/h2,5,8-11,13H,3-4,6-7H2,1H3,(H,20,22,23). The summed E-state index contributed by atoms with van der Waals surface area (Å²) in [6.45, 7) is 1.54. The van der Waals surface area contributed by atoms with Crippen molar-refractivity contribution in [3.8, 4) is 11.6 Å². The highest BCUT2D eigenvalue weighted by molar-refractivity contribution is 5.72. The first-order chi connectivity index (χ1) is 14.3. The molecule has 11 nitrogen and oxygen atoms in total. The van der Waals surface area contributed by atoms with Crippen LogP contribution in [0.4, 0.5) is 11.6 Å². The second-order valence-electron chi connectivity index (χ2n) is 6.64. The molecule has 4 aromatic rings. The fraction of sp³-hybridized carbons (Fsp3) is 0.333. The molecule has 0 unspecified atom stereocenters. The molecule has 0 spiro atoms. The lowest BCUT2D eigenvalue weighted by molar-refractivity contribution is 0.0662. The Morgan fingerprint density at radius 1 is 1.21 bits per heavy atom. The van der Waals surface area contributed by atoms with Crippen LogP contribution in [0.3, 0.4) is 0 Å². The molecule has 0 atom stereocenters. The first kappa shape index (κ1) is 17.5. The number of pyridine rings is 1. The number of methoxy groups -OCH3 is 1. The summed E-state index contributed by atoms with van der Waals surface area (Å²) in [4.78, 5) is 13.0. The normalized spacial score (nSPS) is 14.9. The van der Waals surface area contributed by atoms with E-state index in [1.54, 1.807) is 36.4 Å². The molecule has 0 saturated carbocycles. The van der Waals surface area contributed by atoms with Crippen molar-refractivity contribution in [2.75, 3.05) is 25.6 Å². The van der Waals surface area contributed by atoms with Gasteiger partial charge in [0.05, 0.1) is 36.9 Å². The molecular weight excluding hydrogens is 374 g/mol. The Hall–Kier alpha value is -3.60. The zero-order valence-electron chi connectivity index (χ0n) is 15.8. The maximum absolute atomic E-state index is 5.42. The third kappa shape index (κ3) is 3.47. The summed E-state index contributed by atoms with van der Waals surface area (Å²) in [5.74, 6) is 0.924. The fourth-order valence-electron chi connectivity index (χ4n) is 3.29. The summed E-state index contributed by atoms with van der Waals surface area (Å²) in [6.07, 6.45) is 8.94. The van der Waals surface area contributed by atoms with Crippen LogP contribution in [0, 0.1) is 0 Å². The molecule has 4 aromatic heterocycles. The van der Waals surface area contributed by atoms with Crippen LogP contribution in [0.15, 0.2) is 36.9 Å². The Morgan fingerprint density at radius 3 is 2.97 bits per heavy atom.